The number of rotatable bonds is 6. The van der Waals surface area contributed by atoms with Gasteiger partial charge >= 0.3 is 6.09 Å². The Balaban J connectivity index is 1.48. The molecule has 0 atom stereocenters. The molecule has 1 fully saturated rings. The third kappa shape index (κ3) is 5.63. The molecular formula is C22H26N2O5. The van der Waals surface area contributed by atoms with Crippen molar-refractivity contribution in [1.82, 2.24) is 10.2 Å². The highest BCUT2D eigenvalue weighted by Crippen LogP contribution is 2.24. The molecule has 1 aliphatic heterocycles. The molecule has 7 nitrogen and oxygen atoms in total. The smallest absolute Gasteiger partial charge is 0.407 e. The Morgan fingerprint density at radius 1 is 1.00 bits per heavy atom. The summed E-state index contributed by atoms with van der Waals surface area (Å²) in [6.07, 6.45) is 0.914. The molecule has 0 saturated carbocycles. The lowest BCUT2D eigenvalue weighted by molar-refractivity contribution is 0.0700. The number of piperidine rings is 1. The summed E-state index contributed by atoms with van der Waals surface area (Å²) in [6, 6.07) is 14.7. The third-order valence-electron chi connectivity index (χ3n) is 4.92. The Morgan fingerprint density at radius 2 is 1.62 bits per heavy atom. The molecule has 0 spiro atoms. The van der Waals surface area contributed by atoms with E-state index in [-0.39, 0.29) is 18.6 Å². The molecule has 3 rings (SSSR count). The molecule has 0 unspecified atom stereocenters. The van der Waals surface area contributed by atoms with Crippen LogP contribution in [0.1, 0.15) is 28.8 Å². The number of hydrogen-bond acceptors (Lipinski definition) is 5. The summed E-state index contributed by atoms with van der Waals surface area (Å²) in [6.45, 7) is 1.35. The third-order valence-corrected chi connectivity index (χ3v) is 4.92. The number of amides is 2. The quantitative estimate of drug-likeness (QED) is 0.808. The lowest BCUT2D eigenvalue weighted by Crippen LogP contribution is -2.46. The van der Waals surface area contributed by atoms with E-state index >= 15 is 0 Å². The van der Waals surface area contributed by atoms with Gasteiger partial charge in [0.25, 0.3) is 5.91 Å². The summed E-state index contributed by atoms with van der Waals surface area (Å²) in [5, 5.41) is 2.89. The first-order valence-electron chi connectivity index (χ1n) is 9.58. The fourth-order valence-electron chi connectivity index (χ4n) is 3.27. The molecule has 0 radical (unpaired) electrons. The number of ether oxygens (including phenoxy) is 3. The molecule has 0 aliphatic carbocycles. The maximum atomic E-state index is 12.8. The van der Waals surface area contributed by atoms with E-state index in [1.807, 2.05) is 30.3 Å². The molecule has 1 N–H and O–H groups in total. The molecule has 0 bridgehead atoms. The van der Waals surface area contributed by atoms with Gasteiger partial charge in [-0.2, -0.15) is 0 Å². The van der Waals surface area contributed by atoms with Crippen molar-refractivity contribution in [3.8, 4) is 11.5 Å². The van der Waals surface area contributed by atoms with Gasteiger partial charge in [0.15, 0.2) is 0 Å². The van der Waals surface area contributed by atoms with Crippen LogP contribution in [-0.2, 0) is 11.3 Å². The second-order valence-corrected chi connectivity index (χ2v) is 6.87. The Bertz CT molecular complexity index is 810. The van der Waals surface area contributed by atoms with Crippen LogP contribution in [0.25, 0.3) is 0 Å². The first kappa shape index (κ1) is 20.5. The highest BCUT2D eigenvalue weighted by molar-refractivity contribution is 5.95. The van der Waals surface area contributed by atoms with E-state index in [9.17, 15) is 9.59 Å². The zero-order valence-corrected chi connectivity index (χ0v) is 16.7. The number of benzene rings is 2. The number of alkyl carbamates (subject to hydrolysis) is 1. The van der Waals surface area contributed by atoms with Crippen molar-refractivity contribution in [3.63, 3.8) is 0 Å². The summed E-state index contributed by atoms with van der Waals surface area (Å²) in [5.41, 5.74) is 1.46. The lowest BCUT2D eigenvalue weighted by atomic mass is 10.0. The normalized spacial score (nSPS) is 14.2. The van der Waals surface area contributed by atoms with Crippen molar-refractivity contribution in [3.05, 3.63) is 59.7 Å². The zero-order chi connectivity index (χ0) is 20.6. The predicted molar refractivity (Wildman–Crippen MR) is 108 cm³/mol. The number of carbonyl (C=O) groups is 2. The van der Waals surface area contributed by atoms with E-state index < -0.39 is 6.09 Å². The van der Waals surface area contributed by atoms with Crippen molar-refractivity contribution >= 4 is 12.0 Å². The van der Waals surface area contributed by atoms with Crippen molar-refractivity contribution in [1.29, 1.82) is 0 Å². The van der Waals surface area contributed by atoms with Crippen molar-refractivity contribution in [2.45, 2.75) is 25.5 Å². The number of likely N-dealkylation sites (tertiary alicyclic amines) is 1. The molecule has 2 aromatic carbocycles. The summed E-state index contributed by atoms with van der Waals surface area (Å²) in [5.74, 6) is 1.07. The molecule has 154 valence electrons. The summed E-state index contributed by atoms with van der Waals surface area (Å²) >= 11 is 0. The molecule has 29 heavy (non-hydrogen) atoms. The SMILES string of the molecule is COc1cc(OC)cc(C(=O)N2CCC(NC(=O)OCc3ccccc3)CC2)c1. The molecule has 1 aliphatic rings. The number of nitrogens with one attached hydrogen (secondary N) is 1. The van der Waals surface area contributed by atoms with E-state index in [0.717, 1.165) is 5.56 Å². The molecule has 1 heterocycles. The highest BCUT2D eigenvalue weighted by atomic mass is 16.5. The van der Waals surface area contributed by atoms with E-state index in [1.165, 1.54) is 0 Å². The zero-order valence-electron chi connectivity index (χ0n) is 16.7. The van der Waals surface area contributed by atoms with Gasteiger partial charge < -0.3 is 24.4 Å². The van der Waals surface area contributed by atoms with Gasteiger partial charge in [-0.1, -0.05) is 30.3 Å². The minimum Gasteiger partial charge on any atom is -0.497 e. The van der Waals surface area contributed by atoms with Crippen LogP contribution >= 0.6 is 0 Å². The Morgan fingerprint density at radius 3 is 2.21 bits per heavy atom. The monoisotopic (exact) mass is 398 g/mol. The molecule has 2 amide bonds. The van der Waals surface area contributed by atoms with Gasteiger partial charge in [0, 0.05) is 30.8 Å². The second-order valence-electron chi connectivity index (χ2n) is 6.87. The predicted octanol–water partition coefficient (Wildman–Crippen LogP) is 3.23. The van der Waals surface area contributed by atoms with Gasteiger partial charge in [0.05, 0.1) is 14.2 Å². The molecule has 2 aromatic rings. The van der Waals surface area contributed by atoms with Gasteiger partial charge in [0.2, 0.25) is 0 Å². The number of carbonyl (C=O) groups excluding carboxylic acids is 2. The van der Waals surface area contributed by atoms with Crippen molar-refractivity contribution in [2.75, 3.05) is 27.3 Å². The lowest BCUT2D eigenvalue weighted by Gasteiger charge is -2.32. The molecule has 1 saturated heterocycles. The highest BCUT2D eigenvalue weighted by Gasteiger charge is 2.25. The fourth-order valence-corrected chi connectivity index (χ4v) is 3.27. The maximum Gasteiger partial charge on any atom is 0.407 e. The van der Waals surface area contributed by atoms with Gasteiger partial charge in [-0.05, 0) is 30.5 Å². The van der Waals surface area contributed by atoms with Gasteiger partial charge in [-0.15, -0.1) is 0 Å². The standard InChI is InChI=1S/C22H26N2O5/c1-27-19-12-17(13-20(14-19)28-2)21(25)24-10-8-18(9-11-24)23-22(26)29-15-16-6-4-3-5-7-16/h3-7,12-14,18H,8-11,15H2,1-2H3,(H,23,26). The van der Waals surface area contributed by atoms with Crippen LogP contribution in [0.2, 0.25) is 0 Å². The van der Waals surface area contributed by atoms with E-state index in [2.05, 4.69) is 5.32 Å². The Kier molecular flexibility index (Phi) is 6.94. The van der Waals surface area contributed by atoms with Crippen LogP contribution in [0.4, 0.5) is 4.79 Å². The summed E-state index contributed by atoms with van der Waals surface area (Å²) in [4.78, 5) is 26.6. The van der Waals surface area contributed by atoms with E-state index in [4.69, 9.17) is 14.2 Å². The van der Waals surface area contributed by atoms with Crippen LogP contribution in [0.15, 0.2) is 48.5 Å². The summed E-state index contributed by atoms with van der Waals surface area (Å²) < 4.78 is 15.7. The van der Waals surface area contributed by atoms with Crippen molar-refractivity contribution in [2.24, 2.45) is 0 Å². The van der Waals surface area contributed by atoms with Gasteiger partial charge in [-0.25, -0.2) is 4.79 Å². The number of nitrogens with zero attached hydrogens (tertiary/aromatic N) is 1. The molecule has 0 aromatic heterocycles. The van der Waals surface area contributed by atoms with Crippen LogP contribution in [-0.4, -0.2) is 50.3 Å². The second kappa shape index (κ2) is 9.82. The average Bonchev–Trinajstić information content (AvgIpc) is 2.78. The Labute approximate surface area is 170 Å². The maximum absolute atomic E-state index is 12.8. The Hall–Kier alpha value is -3.22. The average molecular weight is 398 g/mol. The van der Waals surface area contributed by atoms with Gasteiger partial charge in [-0.3, -0.25) is 4.79 Å². The van der Waals surface area contributed by atoms with Crippen LogP contribution in [0.3, 0.4) is 0 Å². The van der Waals surface area contributed by atoms with Crippen molar-refractivity contribution < 1.29 is 23.8 Å². The van der Waals surface area contributed by atoms with E-state index in [1.54, 1.807) is 37.3 Å². The van der Waals surface area contributed by atoms with Crippen LogP contribution < -0.4 is 14.8 Å². The minimum absolute atomic E-state index is 0.0119. The first-order valence-corrected chi connectivity index (χ1v) is 9.58. The summed E-state index contributed by atoms with van der Waals surface area (Å²) in [7, 11) is 3.11. The fraction of sp³-hybridized carbons (Fsp3) is 0.364. The largest absolute Gasteiger partial charge is 0.497 e. The van der Waals surface area contributed by atoms with Crippen LogP contribution in [0.5, 0.6) is 11.5 Å². The molecular weight excluding hydrogens is 372 g/mol. The van der Waals surface area contributed by atoms with E-state index in [0.29, 0.717) is 43.0 Å². The number of hydrogen-bond donors (Lipinski definition) is 1. The number of methoxy groups -OCH3 is 2. The van der Waals surface area contributed by atoms with Gasteiger partial charge in [0.1, 0.15) is 18.1 Å². The van der Waals surface area contributed by atoms with Crippen LogP contribution in [0, 0.1) is 0 Å². The first-order chi connectivity index (χ1) is 14.1. The topological polar surface area (TPSA) is 77.1 Å². The molecule has 7 heteroatoms. The minimum atomic E-state index is -0.434.